The highest BCUT2D eigenvalue weighted by Gasteiger charge is 2.30. The maximum atomic E-state index is 2.62. The van der Waals surface area contributed by atoms with Crippen molar-refractivity contribution in [2.24, 2.45) is 11.8 Å². The first kappa shape index (κ1) is 17.0. The molecule has 2 fully saturated rings. The summed E-state index contributed by atoms with van der Waals surface area (Å²) in [6.45, 7) is 14.3. The third-order valence-corrected chi connectivity index (χ3v) is 6.78. The van der Waals surface area contributed by atoms with Gasteiger partial charge < -0.3 is 4.90 Å². The molecule has 4 atom stereocenters. The van der Waals surface area contributed by atoms with Crippen LogP contribution in [-0.4, -0.2) is 28.5 Å². The molecule has 2 rings (SSSR count). The summed E-state index contributed by atoms with van der Waals surface area (Å²) in [5.41, 5.74) is 3.14. The van der Waals surface area contributed by atoms with Gasteiger partial charge in [0.25, 0.3) is 0 Å². The molecule has 0 bridgehead atoms. The third-order valence-electron chi connectivity index (χ3n) is 4.99. The molecule has 120 valence electrons. The summed E-state index contributed by atoms with van der Waals surface area (Å²) in [7, 11) is 0. The highest BCUT2D eigenvalue weighted by atomic mass is 32.2. The van der Waals surface area contributed by atoms with Crippen LogP contribution in [0.5, 0.6) is 0 Å². The molecule has 2 heterocycles. The van der Waals surface area contributed by atoms with Crippen LogP contribution in [0.3, 0.4) is 0 Å². The summed E-state index contributed by atoms with van der Waals surface area (Å²) in [4.78, 5) is 2.62. The molecule has 2 aliphatic rings. The molecule has 0 saturated carbocycles. The Labute approximate surface area is 136 Å². The molecule has 0 spiro atoms. The molecule has 2 saturated heterocycles. The average molecular weight is 308 g/mol. The van der Waals surface area contributed by atoms with Gasteiger partial charge in [-0.15, -0.1) is 0 Å². The molecule has 2 aliphatic heterocycles. The van der Waals surface area contributed by atoms with Gasteiger partial charge in [-0.25, -0.2) is 0 Å². The van der Waals surface area contributed by atoms with E-state index in [0.29, 0.717) is 0 Å². The molecule has 21 heavy (non-hydrogen) atoms. The largest absolute Gasteiger partial charge is 0.375 e. The number of likely N-dealkylation sites (tertiary alicyclic amines) is 1. The van der Waals surface area contributed by atoms with E-state index in [0.717, 1.165) is 22.3 Å². The minimum Gasteiger partial charge on any atom is -0.375 e. The molecule has 0 aliphatic carbocycles. The Morgan fingerprint density at radius 3 is 2.71 bits per heavy atom. The van der Waals surface area contributed by atoms with Gasteiger partial charge in [-0.3, -0.25) is 0 Å². The quantitative estimate of drug-likeness (QED) is 0.675. The lowest BCUT2D eigenvalue weighted by Crippen LogP contribution is -2.32. The van der Waals surface area contributed by atoms with E-state index in [9.17, 15) is 0 Å². The van der Waals surface area contributed by atoms with Gasteiger partial charge in [0.15, 0.2) is 0 Å². The fraction of sp³-hybridized carbons (Fsp3) is 0.789. The maximum Gasteiger partial charge on any atom is 0.0285 e. The highest BCUT2D eigenvalue weighted by molar-refractivity contribution is 8.00. The molecule has 0 radical (unpaired) electrons. The Balaban J connectivity index is 2.10. The van der Waals surface area contributed by atoms with Gasteiger partial charge in [0, 0.05) is 29.3 Å². The zero-order chi connectivity index (χ0) is 15.4. The van der Waals surface area contributed by atoms with Crippen molar-refractivity contribution in [1.82, 2.24) is 4.90 Å². The minimum absolute atomic E-state index is 0.724. The molecule has 0 aromatic heterocycles. The van der Waals surface area contributed by atoms with Crippen LogP contribution in [0.4, 0.5) is 0 Å². The summed E-state index contributed by atoms with van der Waals surface area (Å²) in [6.07, 6.45) is 10.2. The van der Waals surface area contributed by atoms with Gasteiger partial charge >= 0.3 is 0 Å². The summed E-state index contributed by atoms with van der Waals surface area (Å²) < 4.78 is 0. The Kier molecular flexibility index (Phi) is 6.28. The topological polar surface area (TPSA) is 3.24 Å². The van der Waals surface area contributed by atoms with Gasteiger partial charge in [0.05, 0.1) is 0 Å². The van der Waals surface area contributed by atoms with E-state index < -0.39 is 0 Å². The Bertz CT molecular complexity index is 396. The van der Waals surface area contributed by atoms with Gasteiger partial charge in [-0.1, -0.05) is 39.3 Å². The van der Waals surface area contributed by atoms with Gasteiger partial charge in [-0.05, 0) is 50.5 Å². The second-order valence-electron chi connectivity index (χ2n) is 7.11. The van der Waals surface area contributed by atoms with Crippen molar-refractivity contribution in [1.29, 1.82) is 0 Å². The average Bonchev–Trinajstić information content (AvgIpc) is 2.77. The van der Waals surface area contributed by atoms with Crippen LogP contribution < -0.4 is 0 Å². The van der Waals surface area contributed by atoms with Crippen molar-refractivity contribution in [3.63, 3.8) is 0 Å². The van der Waals surface area contributed by atoms with Crippen LogP contribution >= 0.6 is 11.8 Å². The molecule has 0 aromatic carbocycles. The maximum absolute atomic E-state index is 2.62. The van der Waals surface area contributed by atoms with Crippen LogP contribution in [0.2, 0.25) is 0 Å². The lowest BCUT2D eigenvalue weighted by molar-refractivity contribution is 0.250. The lowest BCUT2D eigenvalue weighted by atomic mass is 9.93. The molecule has 4 unspecified atom stereocenters. The van der Waals surface area contributed by atoms with Crippen molar-refractivity contribution in [2.45, 2.75) is 70.8 Å². The van der Waals surface area contributed by atoms with E-state index in [1.165, 1.54) is 38.8 Å². The first-order chi connectivity index (χ1) is 10.0. The van der Waals surface area contributed by atoms with Crippen LogP contribution in [0, 0.1) is 11.8 Å². The standard InChI is InChI=1S/C19H33NS/c1-6-11-20-12-7-8-14(2)18(20)10-9-15(3)19-16(4)13-17(5)21-19/h9-10,14,16-17,19H,6-8,11-13H2,1-5H3/b15-9+,18-10+. The predicted octanol–water partition coefficient (Wildman–Crippen LogP) is 5.49. The van der Waals surface area contributed by atoms with Gasteiger partial charge in [-0.2, -0.15) is 11.8 Å². The molecular weight excluding hydrogens is 274 g/mol. The number of nitrogens with zero attached hydrogens (tertiary/aromatic N) is 1. The third kappa shape index (κ3) is 4.31. The number of thioether (sulfide) groups is 1. The summed E-state index contributed by atoms with van der Waals surface area (Å²) in [5, 5.41) is 1.56. The van der Waals surface area contributed by atoms with Crippen molar-refractivity contribution < 1.29 is 0 Å². The van der Waals surface area contributed by atoms with Gasteiger partial charge in [0.1, 0.15) is 0 Å². The summed E-state index contributed by atoms with van der Waals surface area (Å²) in [5.74, 6) is 1.55. The van der Waals surface area contributed by atoms with Crippen molar-refractivity contribution in [3.05, 3.63) is 23.4 Å². The predicted molar refractivity (Wildman–Crippen MR) is 96.7 cm³/mol. The summed E-state index contributed by atoms with van der Waals surface area (Å²) >= 11 is 2.17. The second-order valence-corrected chi connectivity index (χ2v) is 8.70. The monoisotopic (exact) mass is 307 g/mol. The number of hydrogen-bond donors (Lipinski definition) is 0. The van der Waals surface area contributed by atoms with Crippen molar-refractivity contribution in [2.75, 3.05) is 13.1 Å². The molecule has 0 aromatic rings. The van der Waals surface area contributed by atoms with Crippen LogP contribution in [0.1, 0.15) is 60.3 Å². The van der Waals surface area contributed by atoms with Crippen molar-refractivity contribution in [3.8, 4) is 0 Å². The zero-order valence-electron chi connectivity index (χ0n) is 14.6. The fourth-order valence-corrected chi connectivity index (χ4v) is 5.50. The second kappa shape index (κ2) is 7.76. The van der Waals surface area contributed by atoms with E-state index in [4.69, 9.17) is 0 Å². The smallest absolute Gasteiger partial charge is 0.0285 e. The van der Waals surface area contributed by atoms with E-state index >= 15 is 0 Å². The van der Waals surface area contributed by atoms with Crippen LogP contribution in [0.25, 0.3) is 0 Å². The Hall–Kier alpha value is -0.370. The molecule has 1 nitrogen and oxygen atoms in total. The van der Waals surface area contributed by atoms with E-state index in [-0.39, 0.29) is 0 Å². The van der Waals surface area contributed by atoms with E-state index in [2.05, 4.69) is 63.4 Å². The van der Waals surface area contributed by atoms with Gasteiger partial charge in [0.2, 0.25) is 0 Å². The number of rotatable bonds is 4. The minimum atomic E-state index is 0.724. The van der Waals surface area contributed by atoms with Crippen molar-refractivity contribution >= 4 is 11.8 Å². The number of piperidine rings is 1. The Morgan fingerprint density at radius 1 is 1.33 bits per heavy atom. The number of allylic oxidation sites excluding steroid dienone is 3. The summed E-state index contributed by atoms with van der Waals surface area (Å²) in [6, 6.07) is 0. The Morgan fingerprint density at radius 2 is 2.10 bits per heavy atom. The molecule has 2 heteroatoms. The van der Waals surface area contributed by atoms with E-state index in [1.807, 2.05) is 0 Å². The fourth-order valence-electron chi connectivity index (χ4n) is 3.91. The molecular formula is C19H33NS. The lowest BCUT2D eigenvalue weighted by Gasteiger charge is -2.35. The van der Waals surface area contributed by atoms with E-state index in [1.54, 1.807) is 11.3 Å². The first-order valence-electron chi connectivity index (χ1n) is 8.81. The van der Waals surface area contributed by atoms with Crippen LogP contribution in [-0.2, 0) is 0 Å². The number of hydrogen-bond acceptors (Lipinski definition) is 2. The first-order valence-corrected chi connectivity index (χ1v) is 9.76. The zero-order valence-corrected chi connectivity index (χ0v) is 15.4. The SMILES string of the molecule is CCCN1CCCC(C)/C1=C\C=C(/C)C1SC(C)CC1C. The molecule has 0 amide bonds. The molecule has 0 N–H and O–H groups in total. The normalized spacial score (nSPS) is 36.5. The highest BCUT2D eigenvalue weighted by Crippen LogP contribution is 2.41. The van der Waals surface area contributed by atoms with Crippen LogP contribution in [0.15, 0.2) is 23.4 Å².